The lowest BCUT2D eigenvalue weighted by molar-refractivity contribution is 0.232. The van der Waals surface area contributed by atoms with Crippen molar-refractivity contribution in [3.8, 4) is 6.07 Å². The molecule has 2 heterocycles. The van der Waals surface area contributed by atoms with Crippen LogP contribution in [0.25, 0.3) is 0 Å². The number of hydrogen-bond donors (Lipinski definition) is 1. The summed E-state index contributed by atoms with van der Waals surface area (Å²) in [6.07, 6.45) is 4.81. The number of aromatic nitrogens is 2. The van der Waals surface area contributed by atoms with Gasteiger partial charge in [-0.25, -0.2) is 4.98 Å². The molecule has 0 spiro atoms. The summed E-state index contributed by atoms with van der Waals surface area (Å²) in [5.74, 6) is 0. The van der Waals surface area contributed by atoms with Gasteiger partial charge in [0.1, 0.15) is 0 Å². The normalized spacial score (nSPS) is 15.8. The summed E-state index contributed by atoms with van der Waals surface area (Å²) in [5.41, 5.74) is 7.01. The minimum absolute atomic E-state index is 0.316. The van der Waals surface area contributed by atoms with Gasteiger partial charge >= 0.3 is 0 Å². The van der Waals surface area contributed by atoms with E-state index in [-0.39, 0.29) is 0 Å². The highest BCUT2D eigenvalue weighted by Crippen LogP contribution is 2.22. The van der Waals surface area contributed by atoms with Crippen LogP contribution in [0.1, 0.15) is 33.5 Å². The van der Waals surface area contributed by atoms with E-state index < -0.39 is 0 Å². The van der Waals surface area contributed by atoms with Crippen LogP contribution >= 0.6 is 11.6 Å². The maximum atomic E-state index is 9.03. The first-order valence-electron chi connectivity index (χ1n) is 11.9. The summed E-state index contributed by atoms with van der Waals surface area (Å²) in [6.45, 7) is 4.22. The number of nitrogens with zero attached hydrogens (tertiary/aromatic N) is 4. The summed E-state index contributed by atoms with van der Waals surface area (Å²) in [4.78, 5) is 6.90. The molecule has 1 aromatic heterocycles. The molecule has 1 N–H and O–H groups in total. The molecular weight excluding hydrogens is 454 g/mol. The van der Waals surface area contributed by atoms with Gasteiger partial charge in [-0.2, -0.15) is 5.26 Å². The van der Waals surface area contributed by atoms with Crippen molar-refractivity contribution in [3.05, 3.63) is 124 Å². The van der Waals surface area contributed by atoms with Crippen LogP contribution in [0, 0.1) is 11.3 Å². The molecular formula is C29H28ClN5. The maximum absolute atomic E-state index is 9.03. The average molecular weight is 482 g/mol. The van der Waals surface area contributed by atoms with E-state index in [1.807, 2.05) is 48.9 Å². The van der Waals surface area contributed by atoms with E-state index in [0.29, 0.717) is 11.6 Å². The molecule has 0 fully saturated rings. The zero-order valence-corrected chi connectivity index (χ0v) is 20.3. The van der Waals surface area contributed by atoms with Gasteiger partial charge in [0.05, 0.1) is 23.7 Å². The van der Waals surface area contributed by atoms with Crippen LogP contribution in [-0.2, 0) is 32.6 Å². The van der Waals surface area contributed by atoms with E-state index in [9.17, 15) is 0 Å². The Morgan fingerprint density at radius 2 is 1.80 bits per heavy atom. The third kappa shape index (κ3) is 5.98. The molecule has 35 heavy (non-hydrogen) atoms. The Morgan fingerprint density at radius 3 is 2.60 bits per heavy atom. The lowest BCUT2D eigenvalue weighted by Gasteiger charge is -2.25. The van der Waals surface area contributed by atoms with Gasteiger partial charge in [-0.1, -0.05) is 60.1 Å². The van der Waals surface area contributed by atoms with Crippen molar-refractivity contribution in [3.63, 3.8) is 0 Å². The van der Waals surface area contributed by atoms with E-state index in [2.05, 4.69) is 62.2 Å². The van der Waals surface area contributed by atoms with Crippen LogP contribution in [0.5, 0.6) is 0 Å². The number of nitriles is 1. The molecule has 0 saturated carbocycles. The summed E-state index contributed by atoms with van der Waals surface area (Å²) in [7, 11) is 0. The number of imidazole rings is 1. The third-order valence-electron chi connectivity index (χ3n) is 6.56. The van der Waals surface area contributed by atoms with Crippen molar-refractivity contribution in [2.24, 2.45) is 0 Å². The molecule has 3 aromatic carbocycles. The molecule has 0 radical (unpaired) electrons. The fourth-order valence-corrected chi connectivity index (χ4v) is 4.99. The lowest BCUT2D eigenvalue weighted by Crippen LogP contribution is -2.40. The molecule has 4 aromatic rings. The van der Waals surface area contributed by atoms with Gasteiger partial charge in [-0.05, 0) is 52.9 Å². The van der Waals surface area contributed by atoms with E-state index in [1.54, 1.807) is 0 Å². The monoisotopic (exact) mass is 481 g/mol. The molecule has 0 amide bonds. The molecule has 5 rings (SSSR count). The summed E-state index contributed by atoms with van der Waals surface area (Å²) >= 11 is 6.25. The van der Waals surface area contributed by atoms with Crippen LogP contribution in [-0.4, -0.2) is 27.0 Å². The third-order valence-corrected chi connectivity index (χ3v) is 6.79. The van der Waals surface area contributed by atoms with Gasteiger partial charge in [0.2, 0.25) is 0 Å². The van der Waals surface area contributed by atoms with Crippen molar-refractivity contribution in [2.45, 2.75) is 38.6 Å². The number of rotatable bonds is 7. The molecule has 1 aliphatic rings. The fourth-order valence-electron chi connectivity index (χ4n) is 4.78. The fraction of sp³-hybridized carbons (Fsp3) is 0.241. The van der Waals surface area contributed by atoms with Gasteiger partial charge in [0, 0.05) is 50.0 Å². The average Bonchev–Trinajstić information content (AvgIpc) is 3.22. The minimum atomic E-state index is 0.316. The lowest BCUT2D eigenvalue weighted by atomic mass is 10.0. The largest absolute Gasteiger partial charge is 0.329 e. The molecule has 0 saturated heterocycles. The second kappa shape index (κ2) is 10.9. The molecule has 0 aliphatic carbocycles. The summed E-state index contributed by atoms with van der Waals surface area (Å²) in [6, 6.07) is 27.1. The standard InChI is InChI=1S/C29H28ClN5/c30-27-7-3-4-24(12-27)17-34-19-26-6-2-1-5-25(26)13-28(20-34)33-16-29-15-32-21-35(29)18-23-10-8-22(14-31)9-11-23/h1-12,15,21,28,33H,13,16-20H2/t28-/m0/s1. The Labute approximate surface area is 211 Å². The van der Waals surface area contributed by atoms with E-state index in [0.717, 1.165) is 55.4 Å². The molecule has 5 nitrogen and oxygen atoms in total. The van der Waals surface area contributed by atoms with E-state index >= 15 is 0 Å². The Hall–Kier alpha value is -3.43. The van der Waals surface area contributed by atoms with Gasteiger partial charge in [-0.3, -0.25) is 4.90 Å². The molecule has 6 heteroatoms. The Morgan fingerprint density at radius 1 is 0.971 bits per heavy atom. The van der Waals surface area contributed by atoms with Gasteiger partial charge in [0.25, 0.3) is 0 Å². The van der Waals surface area contributed by atoms with E-state index in [1.165, 1.54) is 16.7 Å². The predicted molar refractivity (Wildman–Crippen MR) is 139 cm³/mol. The predicted octanol–water partition coefficient (Wildman–Crippen LogP) is 5.17. The number of benzene rings is 3. The van der Waals surface area contributed by atoms with Crippen LogP contribution in [0.4, 0.5) is 0 Å². The molecule has 176 valence electrons. The van der Waals surface area contributed by atoms with Gasteiger partial charge in [-0.15, -0.1) is 0 Å². The van der Waals surface area contributed by atoms with Crippen LogP contribution in [0.3, 0.4) is 0 Å². The van der Waals surface area contributed by atoms with Crippen molar-refractivity contribution < 1.29 is 0 Å². The first kappa shape index (κ1) is 23.3. The Kier molecular flexibility index (Phi) is 7.25. The van der Waals surface area contributed by atoms with E-state index in [4.69, 9.17) is 16.9 Å². The van der Waals surface area contributed by atoms with Crippen LogP contribution < -0.4 is 5.32 Å². The Balaban J connectivity index is 1.28. The number of halogens is 1. The molecule has 0 bridgehead atoms. The highest BCUT2D eigenvalue weighted by Gasteiger charge is 2.22. The molecule has 1 aliphatic heterocycles. The van der Waals surface area contributed by atoms with Gasteiger partial charge in [0.15, 0.2) is 0 Å². The van der Waals surface area contributed by atoms with Crippen molar-refractivity contribution in [1.29, 1.82) is 5.26 Å². The van der Waals surface area contributed by atoms with Gasteiger partial charge < -0.3 is 9.88 Å². The van der Waals surface area contributed by atoms with Crippen molar-refractivity contribution in [2.75, 3.05) is 6.54 Å². The highest BCUT2D eigenvalue weighted by atomic mass is 35.5. The molecule has 1 atom stereocenters. The van der Waals surface area contributed by atoms with Crippen molar-refractivity contribution >= 4 is 11.6 Å². The first-order chi connectivity index (χ1) is 17.2. The summed E-state index contributed by atoms with van der Waals surface area (Å²) in [5, 5.41) is 13.6. The highest BCUT2D eigenvalue weighted by molar-refractivity contribution is 6.30. The summed E-state index contributed by atoms with van der Waals surface area (Å²) < 4.78 is 2.17. The van der Waals surface area contributed by atoms with Crippen LogP contribution in [0.2, 0.25) is 5.02 Å². The SMILES string of the molecule is N#Cc1ccc(Cn2cncc2CN[C@H]2Cc3ccccc3CN(Cc3cccc(Cl)c3)C2)cc1. The molecule has 0 unspecified atom stereocenters. The maximum Gasteiger partial charge on any atom is 0.0991 e. The number of hydrogen-bond acceptors (Lipinski definition) is 4. The zero-order chi connectivity index (χ0) is 24.0. The quantitative estimate of drug-likeness (QED) is 0.395. The van der Waals surface area contributed by atoms with Crippen LogP contribution in [0.15, 0.2) is 85.3 Å². The minimum Gasteiger partial charge on any atom is -0.329 e. The first-order valence-corrected chi connectivity index (χ1v) is 12.3. The van der Waals surface area contributed by atoms with Crippen molar-refractivity contribution in [1.82, 2.24) is 19.8 Å². The second-order valence-electron chi connectivity index (χ2n) is 9.17. The smallest absolute Gasteiger partial charge is 0.0991 e. The number of fused-ring (bicyclic) bond motifs is 1. The Bertz CT molecular complexity index is 1320. The second-order valence-corrected chi connectivity index (χ2v) is 9.61. The zero-order valence-electron chi connectivity index (χ0n) is 19.6. The topological polar surface area (TPSA) is 56.9 Å². The number of nitrogens with one attached hydrogen (secondary N) is 1.